The van der Waals surface area contributed by atoms with E-state index in [1.165, 1.54) is 6.07 Å². The summed E-state index contributed by atoms with van der Waals surface area (Å²) in [6.45, 7) is 2.22. The molecule has 0 bridgehead atoms. The van der Waals surface area contributed by atoms with Crippen molar-refractivity contribution >= 4 is 72.0 Å². The van der Waals surface area contributed by atoms with Gasteiger partial charge in [0.25, 0.3) is 21.5 Å². The number of amides is 1. The van der Waals surface area contributed by atoms with Gasteiger partial charge in [-0.15, -0.1) is 22.7 Å². The Balaban J connectivity index is 1.75. The van der Waals surface area contributed by atoms with Crippen molar-refractivity contribution in [1.29, 1.82) is 0 Å². The Labute approximate surface area is 184 Å². The van der Waals surface area contributed by atoms with Gasteiger partial charge in [-0.05, 0) is 31.4 Å². The van der Waals surface area contributed by atoms with E-state index in [4.69, 9.17) is 23.2 Å². The molecule has 3 aromatic heterocycles. The lowest BCUT2D eigenvalue weighted by atomic mass is 10.2. The Morgan fingerprint density at radius 1 is 1.24 bits per heavy atom. The molecule has 3 aromatic rings. The smallest absolute Gasteiger partial charge is 0.275 e. The summed E-state index contributed by atoms with van der Waals surface area (Å²) in [4.78, 5) is 30.6. The Bertz CT molecular complexity index is 1310. The third kappa shape index (κ3) is 3.72. The highest BCUT2D eigenvalue weighted by atomic mass is 35.5. The summed E-state index contributed by atoms with van der Waals surface area (Å²) in [5.41, 5.74) is 0.236. The summed E-state index contributed by atoms with van der Waals surface area (Å²) in [5.74, 6) is -0.121. The Kier molecular flexibility index (Phi) is 5.49. The molecule has 4 heterocycles. The SMILES string of the molecule is Cc1c(C(=O)NS(=O)(=O)c2cc(Cl)sc2Cl)sc2nc3n(c(=O)c12)CCCCC3. The number of aryl methyl sites for hydroxylation is 2. The molecule has 0 fully saturated rings. The van der Waals surface area contributed by atoms with E-state index in [0.717, 1.165) is 41.9 Å². The first-order valence-electron chi connectivity index (χ1n) is 8.74. The highest BCUT2D eigenvalue weighted by Gasteiger charge is 2.27. The van der Waals surface area contributed by atoms with Crippen LogP contribution in [0.3, 0.4) is 0 Å². The lowest BCUT2D eigenvalue weighted by molar-refractivity contribution is 0.0985. The van der Waals surface area contributed by atoms with Gasteiger partial charge in [-0.1, -0.05) is 29.6 Å². The number of rotatable bonds is 3. The maximum Gasteiger partial charge on any atom is 0.275 e. The van der Waals surface area contributed by atoms with Crippen LogP contribution in [0.15, 0.2) is 15.8 Å². The van der Waals surface area contributed by atoms with Crippen LogP contribution in [0.25, 0.3) is 10.2 Å². The van der Waals surface area contributed by atoms with Gasteiger partial charge in [0.15, 0.2) is 0 Å². The van der Waals surface area contributed by atoms with Gasteiger partial charge in [0.05, 0.1) is 14.6 Å². The number of carbonyl (C=O) groups is 1. The number of nitrogens with zero attached hydrogens (tertiary/aromatic N) is 2. The van der Waals surface area contributed by atoms with Gasteiger partial charge in [-0.25, -0.2) is 18.1 Å². The standard InChI is InChI=1S/C17H15Cl2N3O4S3/c1-8-12-16(20-11-5-3-2-4-6-22(11)17(12)24)28-13(8)15(23)21-29(25,26)9-7-10(18)27-14(9)19/h7H,2-6H2,1H3,(H,21,23). The van der Waals surface area contributed by atoms with Crippen LogP contribution >= 0.6 is 45.9 Å². The molecule has 4 rings (SSSR count). The lowest BCUT2D eigenvalue weighted by Crippen LogP contribution is -2.30. The molecule has 0 aliphatic carbocycles. The summed E-state index contributed by atoms with van der Waals surface area (Å²) in [5, 5.41) is 0.361. The molecule has 0 atom stereocenters. The second-order valence-corrected chi connectivity index (χ2v) is 11.6. The fraction of sp³-hybridized carbons (Fsp3) is 0.353. The molecule has 1 aliphatic rings. The number of aromatic nitrogens is 2. The maximum absolute atomic E-state index is 13.0. The summed E-state index contributed by atoms with van der Waals surface area (Å²) in [6.07, 6.45) is 3.60. The fourth-order valence-electron chi connectivity index (χ4n) is 3.36. The van der Waals surface area contributed by atoms with E-state index in [2.05, 4.69) is 4.98 Å². The molecule has 7 nitrogen and oxygen atoms in total. The number of sulfonamides is 1. The summed E-state index contributed by atoms with van der Waals surface area (Å²) < 4.78 is 28.9. The number of hydrogen-bond donors (Lipinski definition) is 1. The monoisotopic (exact) mass is 491 g/mol. The molecular formula is C17H15Cl2N3O4S3. The predicted octanol–water partition coefficient (Wildman–Crippen LogP) is 3.98. The van der Waals surface area contributed by atoms with Crippen LogP contribution in [-0.2, 0) is 23.0 Å². The molecular weight excluding hydrogens is 477 g/mol. The minimum absolute atomic E-state index is 0.0352. The van der Waals surface area contributed by atoms with Crippen molar-refractivity contribution in [2.24, 2.45) is 0 Å². The number of halogens is 2. The quantitative estimate of drug-likeness (QED) is 0.597. The molecule has 12 heteroatoms. The van der Waals surface area contributed by atoms with Gasteiger partial charge in [0, 0.05) is 13.0 Å². The third-order valence-corrected chi connectivity index (χ3v) is 9.03. The van der Waals surface area contributed by atoms with E-state index >= 15 is 0 Å². The van der Waals surface area contributed by atoms with Gasteiger partial charge in [0.2, 0.25) is 0 Å². The predicted molar refractivity (Wildman–Crippen MR) is 115 cm³/mol. The molecule has 29 heavy (non-hydrogen) atoms. The van der Waals surface area contributed by atoms with Crippen molar-refractivity contribution in [3.05, 3.63) is 41.4 Å². The third-order valence-electron chi connectivity index (χ3n) is 4.76. The minimum atomic E-state index is -4.20. The molecule has 1 N–H and O–H groups in total. The van der Waals surface area contributed by atoms with E-state index in [0.29, 0.717) is 34.6 Å². The van der Waals surface area contributed by atoms with E-state index < -0.39 is 15.9 Å². The van der Waals surface area contributed by atoms with Crippen molar-refractivity contribution in [2.75, 3.05) is 0 Å². The van der Waals surface area contributed by atoms with Crippen molar-refractivity contribution in [2.45, 2.75) is 44.0 Å². The number of hydrogen-bond acceptors (Lipinski definition) is 7. The van der Waals surface area contributed by atoms with E-state index in [1.54, 1.807) is 11.5 Å². The highest BCUT2D eigenvalue weighted by molar-refractivity contribution is 7.90. The average molecular weight is 492 g/mol. The molecule has 0 aromatic carbocycles. The number of thiophene rings is 2. The fourth-order valence-corrected chi connectivity index (χ4v) is 7.62. The van der Waals surface area contributed by atoms with Crippen molar-refractivity contribution in [3.8, 4) is 0 Å². The molecule has 0 saturated heterocycles. The summed E-state index contributed by atoms with van der Waals surface area (Å²) in [7, 11) is -4.20. The second-order valence-electron chi connectivity index (χ2n) is 6.65. The van der Waals surface area contributed by atoms with Crippen molar-refractivity contribution in [1.82, 2.24) is 14.3 Å². The van der Waals surface area contributed by atoms with Gasteiger partial charge in [-0.2, -0.15) is 0 Å². The normalized spacial score (nSPS) is 14.6. The molecule has 154 valence electrons. The van der Waals surface area contributed by atoms with Gasteiger partial charge in [-0.3, -0.25) is 14.2 Å². The van der Waals surface area contributed by atoms with E-state index in [-0.39, 0.29) is 24.0 Å². The number of fused-ring (bicyclic) bond motifs is 2. The average Bonchev–Trinajstić information content (AvgIpc) is 3.04. The Morgan fingerprint density at radius 3 is 2.69 bits per heavy atom. The number of carbonyl (C=O) groups excluding carboxylic acids is 1. The van der Waals surface area contributed by atoms with Crippen LogP contribution in [0, 0.1) is 6.92 Å². The summed E-state index contributed by atoms with van der Waals surface area (Å²) in [6, 6.07) is 1.19. The van der Waals surface area contributed by atoms with E-state index in [1.807, 2.05) is 4.72 Å². The van der Waals surface area contributed by atoms with Crippen LogP contribution in [0.1, 0.15) is 40.3 Å². The lowest BCUT2D eigenvalue weighted by Gasteiger charge is -2.08. The molecule has 0 spiro atoms. The molecule has 0 radical (unpaired) electrons. The first-order chi connectivity index (χ1) is 13.7. The van der Waals surface area contributed by atoms with Crippen molar-refractivity contribution in [3.63, 3.8) is 0 Å². The van der Waals surface area contributed by atoms with Crippen LogP contribution < -0.4 is 10.3 Å². The second kappa shape index (κ2) is 7.66. The Morgan fingerprint density at radius 2 is 2.00 bits per heavy atom. The first-order valence-corrected chi connectivity index (χ1v) is 12.6. The topological polar surface area (TPSA) is 98.1 Å². The Hall–Kier alpha value is -1.46. The van der Waals surface area contributed by atoms with Crippen molar-refractivity contribution < 1.29 is 13.2 Å². The summed E-state index contributed by atoms with van der Waals surface area (Å²) >= 11 is 13.6. The van der Waals surface area contributed by atoms with E-state index in [9.17, 15) is 18.0 Å². The highest BCUT2D eigenvalue weighted by Crippen LogP contribution is 2.34. The van der Waals surface area contributed by atoms with Gasteiger partial charge < -0.3 is 0 Å². The number of nitrogens with one attached hydrogen (secondary N) is 1. The zero-order valence-electron chi connectivity index (χ0n) is 15.1. The zero-order valence-corrected chi connectivity index (χ0v) is 19.1. The molecule has 1 aliphatic heterocycles. The van der Waals surface area contributed by atoms with Crippen LogP contribution in [0.5, 0.6) is 0 Å². The molecule has 1 amide bonds. The largest absolute Gasteiger partial charge is 0.296 e. The van der Waals surface area contributed by atoms with Crippen LogP contribution in [0.2, 0.25) is 8.67 Å². The zero-order chi connectivity index (χ0) is 20.9. The minimum Gasteiger partial charge on any atom is -0.296 e. The maximum atomic E-state index is 13.0. The first kappa shape index (κ1) is 20.8. The van der Waals surface area contributed by atoms with Gasteiger partial charge in [0.1, 0.15) is 19.9 Å². The molecule has 0 unspecified atom stereocenters. The van der Waals surface area contributed by atoms with Crippen LogP contribution in [0.4, 0.5) is 0 Å². The molecule has 0 saturated carbocycles. The van der Waals surface area contributed by atoms with Crippen LogP contribution in [-0.4, -0.2) is 23.9 Å². The van der Waals surface area contributed by atoms with Gasteiger partial charge >= 0.3 is 0 Å².